The molecule has 2 unspecified atom stereocenters. The smallest absolute Gasteiger partial charge is 0.360 e. The minimum Gasteiger partial charge on any atom is -0.360 e. The van der Waals surface area contributed by atoms with Crippen LogP contribution < -0.4 is 5.32 Å². The maximum Gasteiger partial charge on any atom is 0.372 e. The van der Waals surface area contributed by atoms with E-state index in [4.69, 9.17) is 0 Å². The molecule has 1 fully saturated rings. The molecule has 0 saturated heterocycles. The zero-order valence-electron chi connectivity index (χ0n) is 11.4. The average molecular weight is 294 g/mol. The zero-order valence-corrected chi connectivity index (χ0v) is 12.2. The van der Waals surface area contributed by atoms with Gasteiger partial charge in [-0.3, -0.25) is 0 Å². The number of hydrogen-bond donors (Lipinski definition) is 1. The minimum atomic E-state index is -0.353. The van der Waals surface area contributed by atoms with Crippen LogP contribution in [0.4, 0.5) is 11.6 Å². The van der Waals surface area contributed by atoms with Gasteiger partial charge in [-0.2, -0.15) is 9.38 Å². The zero-order chi connectivity index (χ0) is 14.1. The first-order chi connectivity index (χ1) is 9.65. The largest absolute Gasteiger partial charge is 0.372 e. The molecule has 0 spiro atoms. The molecule has 0 radical (unpaired) electrons. The number of aromatic nitrogens is 2. The molecule has 2 atom stereocenters. The number of rotatable bonds is 3. The number of nitrogens with zero attached hydrogens (tertiary/aromatic N) is 3. The molecule has 0 aliphatic heterocycles. The Morgan fingerprint density at radius 2 is 2.30 bits per heavy atom. The summed E-state index contributed by atoms with van der Waals surface area (Å²) < 4.78 is 1.55. The minimum absolute atomic E-state index is 0.0542. The van der Waals surface area contributed by atoms with Crippen molar-refractivity contribution >= 4 is 27.9 Å². The van der Waals surface area contributed by atoms with E-state index in [-0.39, 0.29) is 10.7 Å². The fraction of sp³-hybridized carbons (Fsp3) is 0.615. The van der Waals surface area contributed by atoms with Crippen molar-refractivity contribution in [1.82, 2.24) is 9.38 Å². The van der Waals surface area contributed by atoms with E-state index in [1.807, 2.05) is 5.38 Å². The predicted molar refractivity (Wildman–Crippen MR) is 79.4 cm³/mol. The van der Waals surface area contributed by atoms with Gasteiger partial charge in [-0.1, -0.05) is 31.1 Å². The van der Waals surface area contributed by atoms with Crippen molar-refractivity contribution < 1.29 is 4.92 Å². The molecule has 20 heavy (non-hydrogen) atoms. The lowest BCUT2D eigenvalue weighted by Crippen LogP contribution is -2.19. The van der Waals surface area contributed by atoms with Crippen LogP contribution in [0.2, 0.25) is 0 Å². The topological polar surface area (TPSA) is 72.5 Å². The fourth-order valence-electron chi connectivity index (χ4n) is 2.87. The lowest BCUT2D eigenvalue weighted by Gasteiger charge is -2.15. The molecule has 0 amide bonds. The van der Waals surface area contributed by atoms with Crippen LogP contribution in [0, 0.1) is 16.0 Å². The summed E-state index contributed by atoms with van der Waals surface area (Å²) in [6, 6.07) is 0.295. The summed E-state index contributed by atoms with van der Waals surface area (Å²) in [6.45, 7) is 2.28. The summed E-state index contributed by atoms with van der Waals surface area (Å²) >= 11 is 1.41. The number of hydrogen-bond acceptors (Lipinski definition) is 5. The van der Waals surface area contributed by atoms with Crippen molar-refractivity contribution in [1.29, 1.82) is 0 Å². The van der Waals surface area contributed by atoms with Gasteiger partial charge in [0.25, 0.3) is 4.96 Å². The van der Waals surface area contributed by atoms with Gasteiger partial charge in [0.1, 0.15) is 6.20 Å². The Bertz CT molecular complexity index is 621. The lowest BCUT2D eigenvalue weighted by molar-refractivity contribution is -0.389. The van der Waals surface area contributed by atoms with Crippen LogP contribution >= 0.6 is 11.3 Å². The summed E-state index contributed by atoms with van der Waals surface area (Å²) in [6.07, 6.45) is 7.42. The quantitative estimate of drug-likeness (QED) is 0.532. The molecule has 1 N–H and O–H groups in total. The van der Waals surface area contributed by atoms with Crippen molar-refractivity contribution in [3.63, 3.8) is 0 Å². The number of nitrogens with one attached hydrogen (secondary N) is 1. The molecular formula is C13H18N4O2S. The Morgan fingerprint density at radius 3 is 3.10 bits per heavy atom. The standard InChI is InChI=1S/C13H18N4O2S/c1-9-3-2-4-10(6-5-9)14-11-12(17(18)19)16-7-8-20-13(16)15-11/h7-10,14H,2-6H2,1H3. The Balaban J connectivity index is 1.84. The molecule has 0 bridgehead atoms. The summed E-state index contributed by atoms with van der Waals surface area (Å²) in [5, 5.41) is 16.4. The average Bonchev–Trinajstić information content (AvgIpc) is 2.88. The van der Waals surface area contributed by atoms with Crippen LogP contribution in [0.25, 0.3) is 4.96 Å². The van der Waals surface area contributed by atoms with Gasteiger partial charge in [-0.25, -0.2) is 0 Å². The van der Waals surface area contributed by atoms with Gasteiger partial charge in [-0.15, -0.1) is 0 Å². The number of nitro groups is 1. The Morgan fingerprint density at radius 1 is 1.45 bits per heavy atom. The Labute approximate surface area is 121 Å². The molecule has 2 aromatic heterocycles. The molecule has 108 valence electrons. The normalized spacial score (nSPS) is 23.6. The van der Waals surface area contributed by atoms with E-state index in [0.717, 1.165) is 18.8 Å². The van der Waals surface area contributed by atoms with Gasteiger partial charge in [0, 0.05) is 11.4 Å². The molecule has 2 heterocycles. The molecule has 6 nitrogen and oxygen atoms in total. The Hall–Kier alpha value is -1.63. The fourth-order valence-corrected chi connectivity index (χ4v) is 3.58. The lowest BCUT2D eigenvalue weighted by atomic mass is 10.0. The molecule has 1 aliphatic carbocycles. The second-order valence-electron chi connectivity index (χ2n) is 5.55. The van der Waals surface area contributed by atoms with Crippen LogP contribution in [-0.2, 0) is 0 Å². The summed E-state index contributed by atoms with van der Waals surface area (Å²) in [7, 11) is 0. The molecule has 0 aromatic carbocycles. The van der Waals surface area contributed by atoms with Crippen LogP contribution in [0.15, 0.2) is 11.6 Å². The van der Waals surface area contributed by atoms with Crippen molar-refractivity contribution in [2.24, 2.45) is 5.92 Å². The van der Waals surface area contributed by atoms with E-state index >= 15 is 0 Å². The highest BCUT2D eigenvalue weighted by atomic mass is 32.1. The van der Waals surface area contributed by atoms with E-state index in [9.17, 15) is 10.1 Å². The molecule has 1 aliphatic rings. The van der Waals surface area contributed by atoms with Gasteiger partial charge in [0.15, 0.2) is 0 Å². The third-order valence-electron chi connectivity index (χ3n) is 4.01. The van der Waals surface area contributed by atoms with Gasteiger partial charge in [0.05, 0.1) is 0 Å². The van der Waals surface area contributed by atoms with E-state index in [0.29, 0.717) is 16.8 Å². The highest BCUT2D eigenvalue weighted by Crippen LogP contribution is 2.31. The maximum absolute atomic E-state index is 11.3. The third-order valence-corrected chi connectivity index (χ3v) is 4.76. The van der Waals surface area contributed by atoms with Crippen molar-refractivity contribution in [2.75, 3.05) is 5.32 Å². The van der Waals surface area contributed by atoms with Crippen molar-refractivity contribution in [3.8, 4) is 0 Å². The first-order valence-corrected chi connectivity index (χ1v) is 7.89. The van der Waals surface area contributed by atoms with E-state index in [1.165, 1.54) is 30.6 Å². The van der Waals surface area contributed by atoms with Gasteiger partial charge in [0.2, 0.25) is 5.82 Å². The highest BCUT2D eigenvalue weighted by Gasteiger charge is 2.26. The van der Waals surface area contributed by atoms with Gasteiger partial charge in [-0.05, 0) is 30.1 Å². The first-order valence-electron chi connectivity index (χ1n) is 7.01. The van der Waals surface area contributed by atoms with Crippen LogP contribution in [0.3, 0.4) is 0 Å². The van der Waals surface area contributed by atoms with Crippen LogP contribution in [-0.4, -0.2) is 20.3 Å². The molecule has 3 rings (SSSR count). The van der Waals surface area contributed by atoms with Gasteiger partial charge < -0.3 is 15.4 Å². The molecule has 1 saturated carbocycles. The monoisotopic (exact) mass is 294 g/mol. The van der Waals surface area contributed by atoms with Crippen molar-refractivity contribution in [2.45, 2.75) is 45.1 Å². The first kappa shape index (κ1) is 13.4. The predicted octanol–water partition coefficient (Wildman–Crippen LogP) is 3.68. The van der Waals surface area contributed by atoms with E-state index in [2.05, 4.69) is 17.2 Å². The third kappa shape index (κ3) is 2.49. The molecule has 2 aromatic rings. The van der Waals surface area contributed by atoms with Crippen LogP contribution in [0.1, 0.15) is 39.0 Å². The number of thiazole rings is 1. The molecule has 7 heteroatoms. The second-order valence-corrected chi connectivity index (χ2v) is 6.42. The summed E-state index contributed by atoms with van der Waals surface area (Å²) in [4.78, 5) is 15.9. The summed E-state index contributed by atoms with van der Waals surface area (Å²) in [5.74, 6) is 1.22. The Kier molecular flexibility index (Phi) is 3.60. The summed E-state index contributed by atoms with van der Waals surface area (Å²) in [5.41, 5.74) is 0. The van der Waals surface area contributed by atoms with Crippen LogP contribution in [0.5, 0.6) is 0 Å². The number of fused-ring (bicyclic) bond motifs is 1. The van der Waals surface area contributed by atoms with Crippen molar-refractivity contribution in [3.05, 3.63) is 21.7 Å². The number of anilines is 1. The SMILES string of the molecule is CC1CCCC(Nc2nc3sccn3c2[N+](=O)[O-])CC1. The molecular weight excluding hydrogens is 276 g/mol. The van der Waals surface area contributed by atoms with E-state index < -0.39 is 0 Å². The van der Waals surface area contributed by atoms with E-state index in [1.54, 1.807) is 10.6 Å². The highest BCUT2D eigenvalue weighted by molar-refractivity contribution is 7.15. The number of imidazole rings is 1. The van der Waals surface area contributed by atoms with Gasteiger partial charge >= 0.3 is 5.82 Å². The second kappa shape index (κ2) is 5.40. The maximum atomic E-state index is 11.3.